The van der Waals surface area contributed by atoms with Crippen molar-refractivity contribution in [1.82, 2.24) is 0 Å². The molecule has 0 aliphatic rings. The summed E-state index contributed by atoms with van der Waals surface area (Å²) in [5.41, 5.74) is 0. The zero-order valence-corrected chi connectivity index (χ0v) is 8.01. The van der Waals surface area contributed by atoms with Gasteiger partial charge < -0.3 is 4.74 Å². The molecular weight excluding hydrogens is 184 g/mol. The lowest BCUT2D eigenvalue weighted by molar-refractivity contribution is 0.415. The molecule has 13 heavy (non-hydrogen) atoms. The maximum Gasteiger partial charge on any atom is 0.119 e. The first-order valence-electron chi connectivity index (χ1n) is 4.03. The first kappa shape index (κ1) is 8.39. The van der Waals surface area contributed by atoms with E-state index in [0.717, 1.165) is 16.2 Å². The van der Waals surface area contributed by atoms with Gasteiger partial charge in [-0.1, -0.05) is 23.7 Å². The molecule has 2 rings (SSSR count). The van der Waals surface area contributed by atoms with Gasteiger partial charge in [-0.15, -0.1) is 0 Å². The van der Waals surface area contributed by atoms with E-state index in [2.05, 4.69) is 0 Å². The minimum absolute atomic E-state index is 0.751. The van der Waals surface area contributed by atoms with Crippen molar-refractivity contribution in [3.05, 3.63) is 41.4 Å². The maximum absolute atomic E-state index is 5.87. The van der Waals surface area contributed by atoms with Crippen molar-refractivity contribution in [2.24, 2.45) is 0 Å². The van der Waals surface area contributed by atoms with Gasteiger partial charge in [-0.25, -0.2) is 0 Å². The summed E-state index contributed by atoms with van der Waals surface area (Å²) in [4.78, 5) is 0. The summed E-state index contributed by atoms with van der Waals surface area (Å²) in [5.74, 6) is 0.856. The molecule has 2 aromatic carbocycles. The molecule has 2 heteroatoms. The molecule has 0 spiro atoms. The highest BCUT2D eigenvalue weighted by Gasteiger charge is 1.96. The Morgan fingerprint density at radius 3 is 2.54 bits per heavy atom. The largest absolute Gasteiger partial charge is 0.497 e. The number of ether oxygens (including phenoxy) is 1. The van der Waals surface area contributed by atoms with Crippen LogP contribution in [0.4, 0.5) is 0 Å². The minimum atomic E-state index is 0.751. The molecule has 0 radical (unpaired) electrons. The van der Waals surface area contributed by atoms with Crippen LogP contribution in [-0.4, -0.2) is 7.11 Å². The predicted octanol–water partition coefficient (Wildman–Crippen LogP) is 3.50. The molecule has 0 atom stereocenters. The van der Waals surface area contributed by atoms with Crippen LogP contribution in [0, 0.1) is 0 Å². The second kappa shape index (κ2) is 3.27. The second-order valence-corrected chi connectivity index (χ2v) is 3.29. The lowest BCUT2D eigenvalue weighted by Gasteiger charge is -2.02. The Morgan fingerprint density at radius 1 is 1.00 bits per heavy atom. The fraction of sp³-hybridized carbons (Fsp3) is 0.0909. The van der Waals surface area contributed by atoms with E-state index >= 15 is 0 Å². The third-order valence-electron chi connectivity index (χ3n) is 2.01. The highest BCUT2D eigenvalue weighted by Crippen LogP contribution is 2.23. The molecule has 2 aromatic rings. The second-order valence-electron chi connectivity index (χ2n) is 2.86. The van der Waals surface area contributed by atoms with Crippen LogP contribution in [-0.2, 0) is 0 Å². The van der Waals surface area contributed by atoms with Gasteiger partial charge in [0, 0.05) is 5.02 Å². The number of hydrogen-bond acceptors (Lipinski definition) is 1. The summed E-state index contributed by atoms with van der Waals surface area (Å²) in [7, 11) is 1.66. The fourth-order valence-corrected chi connectivity index (χ4v) is 1.50. The van der Waals surface area contributed by atoms with E-state index in [1.807, 2.05) is 36.4 Å². The van der Waals surface area contributed by atoms with E-state index in [1.54, 1.807) is 7.11 Å². The van der Waals surface area contributed by atoms with E-state index in [9.17, 15) is 0 Å². The summed E-state index contributed by atoms with van der Waals surface area (Å²) < 4.78 is 5.12. The molecule has 0 aliphatic heterocycles. The number of rotatable bonds is 1. The Hall–Kier alpha value is -1.21. The van der Waals surface area contributed by atoms with Crippen molar-refractivity contribution in [3.8, 4) is 5.75 Å². The highest BCUT2D eigenvalue weighted by atomic mass is 35.5. The Balaban J connectivity index is 2.68. The van der Waals surface area contributed by atoms with E-state index in [1.165, 1.54) is 5.39 Å². The summed E-state index contributed by atoms with van der Waals surface area (Å²) in [6, 6.07) is 11.7. The van der Waals surface area contributed by atoms with Crippen LogP contribution < -0.4 is 4.74 Å². The first-order chi connectivity index (χ1) is 6.29. The standard InChI is InChI=1S/C11H9ClO/c1-13-11-5-3-8-2-4-10(12)6-9(8)7-11/h2-7H,1H3. The fourth-order valence-electron chi connectivity index (χ4n) is 1.32. The van der Waals surface area contributed by atoms with Gasteiger partial charge in [-0.2, -0.15) is 0 Å². The van der Waals surface area contributed by atoms with Crippen LogP contribution in [0.25, 0.3) is 10.8 Å². The topological polar surface area (TPSA) is 9.23 Å². The van der Waals surface area contributed by atoms with E-state index < -0.39 is 0 Å². The SMILES string of the molecule is COc1ccc2ccc(Cl)cc2c1. The molecule has 0 aliphatic carbocycles. The maximum atomic E-state index is 5.87. The van der Waals surface area contributed by atoms with Gasteiger partial charge in [0.2, 0.25) is 0 Å². The van der Waals surface area contributed by atoms with Gasteiger partial charge >= 0.3 is 0 Å². The Kier molecular flexibility index (Phi) is 2.11. The van der Waals surface area contributed by atoms with Crippen LogP contribution in [0.1, 0.15) is 0 Å². The lowest BCUT2D eigenvalue weighted by atomic mass is 10.1. The third-order valence-corrected chi connectivity index (χ3v) is 2.24. The Labute approximate surface area is 81.9 Å². The van der Waals surface area contributed by atoms with Gasteiger partial charge in [0.15, 0.2) is 0 Å². The van der Waals surface area contributed by atoms with Gasteiger partial charge in [-0.05, 0) is 35.0 Å². The van der Waals surface area contributed by atoms with Crippen molar-refractivity contribution in [2.45, 2.75) is 0 Å². The minimum Gasteiger partial charge on any atom is -0.497 e. The Morgan fingerprint density at radius 2 is 1.77 bits per heavy atom. The molecule has 0 aromatic heterocycles. The molecular formula is C11H9ClO. The zero-order chi connectivity index (χ0) is 9.26. The third kappa shape index (κ3) is 1.61. The summed E-state index contributed by atoms with van der Waals surface area (Å²) >= 11 is 5.87. The number of hydrogen-bond donors (Lipinski definition) is 0. The van der Waals surface area contributed by atoms with Crippen LogP contribution >= 0.6 is 11.6 Å². The first-order valence-corrected chi connectivity index (χ1v) is 4.41. The van der Waals surface area contributed by atoms with Crippen LogP contribution in [0.3, 0.4) is 0 Å². The summed E-state index contributed by atoms with van der Waals surface area (Å²) in [5, 5.41) is 3.03. The van der Waals surface area contributed by atoms with Gasteiger partial charge in [-0.3, -0.25) is 0 Å². The Bertz CT molecular complexity index is 437. The highest BCUT2D eigenvalue weighted by molar-refractivity contribution is 6.31. The van der Waals surface area contributed by atoms with Gasteiger partial charge in [0.25, 0.3) is 0 Å². The van der Waals surface area contributed by atoms with Crippen molar-refractivity contribution < 1.29 is 4.74 Å². The monoisotopic (exact) mass is 192 g/mol. The molecule has 0 unspecified atom stereocenters. The quantitative estimate of drug-likeness (QED) is 0.672. The van der Waals surface area contributed by atoms with Crippen LogP contribution in [0.2, 0.25) is 5.02 Å². The van der Waals surface area contributed by atoms with Gasteiger partial charge in [0.05, 0.1) is 7.11 Å². The smallest absolute Gasteiger partial charge is 0.119 e. The average Bonchev–Trinajstić information content (AvgIpc) is 2.16. The molecule has 0 N–H and O–H groups in total. The molecule has 0 fully saturated rings. The molecule has 0 amide bonds. The molecule has 0 saturated carbocycles. The zero-order valence-electron chi connectivity index (χ0n) is 7.25. The van der Waals surface area contributed by atoms with Gasteiger partial charge in [0.1, 0.15) is 5.75 Å². The normalized spacial score (nSPS) is 10.3. The number of halogens is 1. The van der Waals surface area contributed by atoms with E-state index in [-0.39, 0.29) is 0 Å². The van der Waals surface area contributed by atoms with Crippen LogP contribution in [0.5, 0.6) is 5.75 Å². The van der Waals surface area contributed by atoms with Crippen molar-refractivity contribution >= 4 is 22.4 Å². The molecule has 66 valence electrons. The van der Waals surface area contributed by atoms with E-state index in [0.29, 0.717) is 0 Å². The lowest BCUT2D eigenvalue weighted by Crippen LogP contribution is -1.81. The number of fused-ring (bicyclic) bond motifs is 1. The average molecular weight is 193 g/mol. The molecule has 0 heterocycles. The summed E-state index contributed by atoms with van der Waals surface area (Å²) in [6.45, 7) is 0. The van der Waals surface area contributed by atoms with E-state index in [4.69, 9.17) is 16.3 Å². The summed E-state index contributed by atoms with van der Waals surface area (Å²) in [6.07, 6.45) is 0. The number of benzene rings is 2. The van der Waals surface area contributed by atoms with Crippen LogP contribution in [0.15, 0.2) is 36.4 Å². The molecule has 1 nitrogen and oxygen atoms in total. The van der Waals surface area contributed by atoms with Crippen molar-refractivity contribution in [3.63, 3.8) is 0 Å². The van der Waals surface area contributed by atoms with Crippen molar-refractivity contribution in [2.75, 3.05) is 7.11 Å². The number of methoxy groups -OCH3 is 1. The predicted molar refractivity (Wildman–Crippen MR) is 55.5 cm³/mol. The molecule has 0 saturated heterocycles. The van der Waals surface area contributed by atoms with Crippen molar-refractivity contribution in [1.29, 1.82) is 0 Å². The molecule has 0 bridgehead atoms.